The number of aliphatic hydroxyl groups excluding tert-OH is 1. The molecule has 0 bridgehead atoms. The van der Waals surface area contributed by atoms with Crippen molar-refractivity contribution in [3.8, 4) is 0 Å². The van der Waals surface area contributed by atoms with Crippen LogP contribution in [-0.4, -0.2) is 24.3 Å². The molecule has 0 aliphatic heterocycles. The summed E-state index contributed by atoms with van der Waals surface area (Å²) in [5.41, 5.74) is 7.28. The maximum Gasteiger partial charge on any atom is 0.146 e. The largest absolute Gasteiger partial charge is 0.396 e. The molecule has 0 aromatic heterocycles. The molecule has 18 heavy (non-hydrogen) atoms. The molecule has 0 amide bonds. The van der Waals surface area contributed by atoms with Gasteiger partial charge in [0.1, 0.15) is 5.82 Å². The Labute approximate surface area is 108 Å². The summed E-state index contributed by atoms with van der Waals surface area (Å²) in [6.07, 6.45) is 0.616. The predicted molar refractivity (Wildman–Crippen MR) is 73.2 cm³/mol. The lowest BCUT2D eigenvalue weighted by atomic mass is 10.0. The summed E-state index contributed by atoms with van der Waals surface area (Å²) in [6.45, 7) is 6.59. The Morgan fingerprint density at radius 3 is 2.50 bits per heavy atom. The molecule has 3 nitrogen and oxygen atoms in total. The van der Waals surface area contributed by atoms with E-state index < -0.39 is 0 Å². The molecule has 0 fully saturated rings. The Morgan fingerprint density at radius 2 is 2.00 bits per heavy atom. The normalized spacial score (nSPS) is 12.8. The van der Waals surface area contributed by atoms with E-state index in [1.54, 1.807) is 6.07 Å². The first-order chi connectivity index (χ1) is 8.49. The van der Waals surface area contributed by atoms with Crippen LogP contribution in [-0.2, 0) is 0 Å². The summed E-state index contributed by atoms with van der Waals surface area (Å²) >= 11 is 0. The van der Waals surface area contributed by atoms with Crippen molar-refractivity contribution in [3.63, 3.8) is 0 Å². The van der Waals surface area contributed by atoms with E-state index in [0.717, 1.165) is 5.56 Å². The van der Waals surface area contributed by atoms with Gasteiger partial charge in [0.2, 0.25) is 0 Å². The minimum Gasteiger partial charge on any atom is -0.396 e. The zero-order valence-electron chi connectivity index (χ0n) is 11.4. The van der Waals surface area contributed by atoms with E-state index in [-0.39, 0.29) is 24.5 Å². The molecule has 0 unspecified atom stereocenters. The minimum absolute atomic E-state index is 0.102. The van der Waals surface area contributed by atoms with Gasteiger partial charge in [0.15, 0.2) is 0 Å². The van der Waals surface area contributed by atoms with Crippen molar-refractivity contribution in [1.82, 2.24) is 0 Å². The molecule has 0 saturated carbocycles. The van der Waals surface area contributed by atoms with Gasteiger partial charge in [-0.3, -0.25) is 0 Å². The summed E-state index contributed by atoms with van der Waals surface area (Å²) in [5, 5.41) is 8.95. The van der Waals surface area contributed by atoms with E-state index >= 15 is 0 Å². The maximum atomic E-state index is 14.1. The Balaban J connectivity index is 3.17. The highest BCUT2D eigenvalue weighted by Gasteiger charge is 2.19. The lowest BCUT2D eigenvalue weighted by Gasteiger charge is -2.32. The van der Waals surface area contributed by atoms with Gasteiger partial charge in [-0.2, -0.15) is 0 Å². The topological polar surface area (TPSA) is 49.5 Å². The second kappa shape index (κ2) is 6.71. The molecule has 1 aromatic rings. The second-order valence-corrected chi connectivity index (χ2v) is 4.83. The second-order valence-electron chi connectivity index (χ2n) is 4.83. The number of para-hydroxylation sites is 1. The molecule has 0 aliphatic carbocycles. The zero-order valence-corrected chi connectivity index (χ0v) is 11.4. The van der Waals surface area contributed by atoms with E-state index in [1.807, 2.05) is 31.7 Å². The molecule has 1 aromatic carbocycles. The number of hydrogen-bond acceptors (Lipinski definition) is 3. The highest BCUT2D eigenvalue weighted by Crippen LogP contribution is 2.30. The third-order valence-corrected chi connectivity index (χ3v) is 2.98. The highest BCUT2D eigenvalue weighted by molar-refractivity contribution is 5.56. The number of nitrogens with zero attached hydrogens (tertiary/aromatic N) is 1. The van der Waals surface area contributed by atoms with Crippen LogP contribution in [0.1, 0.15) is 38.8 Å². The standard InChI is InChI=1S/C14H23FN2O/c1-10(2)17(8-5-9-18)14-12(11(3)16)6-4-7-13(14)15/h4,6-7,10-11,18H,5,8-9,16H2,1-3H3/t11-/m0/s1. The van der Waals surface area contributed by atoms with Crippen LogP contribution >= 0.6 is 0 Å². The fourth-order valence-electron chi connectivity index (χ4n) is 2.07. The predicted octanol–water partition coefficient (Wildman–Crippen LogP) is 2.44. The van der Waals surface area contributed by atoms with E-state index in [0.29, 0.717) is 18.7 Å². The molecular weight excluding hydrogens is 231 g/mol. The van der Waals surface area contributed by atoms with Crippen LogP contribution in [0.5, 0.6) is 0 Å². The lowest BCUT2D eigenvalue weighted by molar-refractivity contribution is 0.288. The number of anilines is 1. The molecule has 0 spiro atoms. The number of hydrogen-bond donors (Lipinski definition) is 2. The first-order valence-corrected chi connectivity index (χ1v) is 6.40. The molecule has 1 atom stereocenters. The van der Waals surface area contributed by atoms with Crippen LogP contribution in [0.4, 0.5) is 10.1 Å². The van der Waals surface area contributed by atoms with Gasteiger partial charge in [-0.25, -0.2) is 4.39 Å². The molecule has 0 heterocycles. The van der Waals surface area contributed by atoms with Gasteiger partial charge in [0.05, 0.1) is 5.69 Å². The number of rotatable bonds is 6. The van der Waals surface area contributed by atoms with Crippen molar-refractivity contribution in [3.05, 3.63) is 29.6 Å². The van der Waals surface area contributed by atoms with Crippen LogP contribution in [0.3, 0.4) is 0 Å². The van der Waals surface area contributed by atoms with Gasteiger partial charge in [-0.1, -0.05) is 12.1 Å². The van der Waals surface area contributed by atoms with Gasteiger partial charge in [0, 0.05) is 25.2 Å². The van der Waals surface area contributed by atoms with E-state index in [1.165, 1.54) is 6.07 Å². The molecular formula is C14H23FN2O. The first kappa shape index (κ1) is 14.9. The van der Waals surface area contributed by atoms with Crippen LogP contribution in [0.2, 0.25) is 0 Å². The van der Waals surface area contributed by atoms with E-state index in [9.17, 15) is 4.39 Å². The van der Waals surface area contributed by atoms with Gasteiger partial charge >= 0.3 is 0 Å². The third kappa shape index (κ3) is 3.43. The average molecular weight is 254 g/mol. The van der Waals surface area contributed by atoms with Gasteiger partial charge < -0.3 is 15.7 Å². The number of nitrogens with two attached hydrogens (primary N) is 1. The lowest BCUT2D eigenvalue weighted by Crippen LogP contribution is -2.34. The zero-order chi connectivity index (χ0) is 13.7. The molecule has 4 heteroatoms. The third-order valence-electron chi connectivity index (χ3n) is 2.98. The molecule has 0 saturated heterocycles. The Bertz CT molecular complexity index is 380. The van der Waals surface area contributed by atoms with Gasteiger partial charge in [-0.15, -0.1) is 0 Å². The Morgan fingerprint density at radius 1 is 1.33 bits per heavy atom. The van der Waals surface area contributed by atoms with Crippen molar-refractivity contribution < 1.29 is 9.50 Å². The van der Waals surface area contributed by atoms with Crippen molar-refractivity contribution in [2.45, 2.75) is 39.3 Å². The molecule has 102 valence electrons. The van der Waals surface area contributed by atoms with Crippen LogP contribution in [0, 0.1) is 5.82 Å². The number of aliphatic hydroxyl groups is 1. The molecule has 0 radical (unpaired) electrons. The van der Waals surface area contributed by atoms with Gasteiger partial charge in [0.25, 0.3) is 0 Å². The Hall–Kier alpha value is -1.13. The summed E-state index contributed by atoms with van der Waals surface area (Å²) in [4.78, 5) is 1.96. The summed E-state index contributed by atoms with van der Waals surface area (Å²) < 4.78 is 14.1. The summed E-state index contributed by atoms with van der Waals surface area (Å²) in [5.74, 6) is -0.253. The van der Waals surface area contributed by atoms with E-state index in [4.69, 9.17) is 10.8 Å². The molecule has 3 N–H and O–H groups in total. The minimum atomic E-state index is -0.253. The maximum absolute atomic E-state index is 14.1. The highest BCUT2D eigenvalue weighted by atomic mass is 19.1. The smallest absolute Gasteiger partial charge is 0.146 e. The quantitative estimate of drug-likeness (QED) is 0.819. The van der Waals surface area contributed by atoms with E-state index in [2.05, 4.69) is 0 Å². The first-order valence-electron chi connectivity index (χ1n) is 6.40. The molecule has 1 rings (SSSR count). The van der Waals surface area contributed by atoms with Crippen LogP contribution in [0.15, 0.2) is 18.2 Å². The summed E-state index contributed by atoms with van der Waals surface area (Å²) in [7, 11) is 0. The monoisotopic (exact) mass is 254 g/mol. The van der Waals surface area contributed by atoms with Crippen molar-refractivity contribution >= 4 is 5.69 Å². The SMILES string of the molecule is CC(C)N(CCCO)c1c(F)cccc1[C@H](C)N. The fourth-order valence-corrected chi connectivity index (χ4v) is 2.07. The average Bonchev–Trinajstić information content (AvgIpc) is 2.30. The van der Waals surface area contributed by atoms with Crippen LogP contribution < -0.4 is 10.6 Å². The molecule has 0 aliphatic rings. The Kier molecular flexibility index (Phi) is 5.56. The van der Waals surface area contributed by atoms with Crippen molar-refractivity contribution in [1.29, 1.82) is 0 Å². The number of halogens is 1. The van der Waals surface area contributed by atoms with Crippen molar-refractivity contribution in [2.24, 2.45) is 5.73 Å². The van der Waals surface area contributed by atoms with Crippen molar-refractivity contribution in [2.75, 3.05) is 18.1 Å². The summed E-state index contributed by atoms with van der Waals surface area (Å²) in [6, 6.07) is 4.94. The number of benzene rings is 1. The fraction of sp³-hybridized carbons (Fsp3) is 0.571. The van der Waals surface area contributed by atoms with Crippen LogP contribution in [0.25, 0.3) is 0 Å². The van der Waals surface area contributed by atoms with Gasteiger partial charge in [-0.05, 0) is 38.8 Å².